The fourth-order valence-electron chi connectivity index (χ4n) is 2.81. The standard InChI is InChI=1S/C17H17N7O3/c1-25-12-4-10(5-13(26-2)15(12)27-3)23-7-14(21-9-23)24-17-11(6-22-24)16(18)19-8-20-17/h4-9H,1-3H3,(H2,18,19,20). The topological polar surface area (TPSA) is 115 Å². The van der Waals surface area contributed by atoms with E-state index in [9.17, 15) is 0 Å². The summed E-state index contributed by atoms with van der Waals surface area (Å²) in [5.41, 5.74) is 7.23. The van der Waals surface area contributed by atoms with Crippen LogP contribution in [0.15, 0.2) is 37.2 Å². The first-order chi connectivity index (χ1) is 13.2. The van der Waals surface area contributed by atoms with Gasteiger partial charge in [-0.15, -0.1) is 0 Å². The molecule has 1 aromatic carbocycles. The van der Waals surface area contributed by atoms with E-state index in [1.165, 1.54) is 6.33 Å². The lowest BCUT2D eigenvalue weighted by Crippen LogP contribution is -2.00. The molecule has 0 fully saturated rings. The van der Waals surface area contributed by atoms with Crippen LogP contribution >= 0.6 is 0 Å². The smallest absolute Gasteiger partial charge is 0.203 e. The van der Waals surface area contributed by atoms with Crippen LogP contribution in [0.1, 0.15) is 0 Å². The maximum absolute atomic E-state index is 5.87. The van der Waals surface area contributed by atoms with Gasteiger partial charge < -0.3 is 24.5 Å². The Morgan fingerprint density at radius 3 is 2.37 bits per heavy atom. The van der Waals surface area contributed by atoms with Crippen molar-refractivity contribution in [1.29, 1.82) is 0 Å². The van der Waals surface area contributed by atoms with E-state index in [1.807, 2.05) is 22.9 Å². The maximum Gasteiger partial charge on any atom is 0.203 e. The van der Waals surface area contributed by atoms with Gasteiger partial charge in [-0.3, -0.25) is 0 Å². The van der Waals surface area contributed by atoms with Crippen molar-refractivity contribution in [1.82, 2.24) is 29.3 Å². The molecule has 0 bridgehead atoms. The van der Waals surface area contributed by atoms with Crippen molar-refractivity contribution >= 4 is 16.9 Å². The van der Waals surface area contributed by atoms with Gasteiger partial charge in [0, 0.05) is 12.1 Å². The third kappa shape index (κ3) is 2.67. The van der Waals surface area contributed by atoms with Crippen molar-refractivity contribution in [3.05, 3.63) is 37.2 Å². The zero-order valence-electron chi connectivity index (χ0n) is 14.9. The van der Waals surface area contributed by atoms with Crippen LogP contribution in [0.3, 0.4) is 0 Å². The molecule has 0 saturated heterocycles. The van der Waals surface area contributed by atoms with Gasteiger partial charge in [-0.05, 0) is 0 Å². The van der Waals surface area contributed by atoms with Crippen LogP contribution in [0, 0.1) is 0 Å². The molecular formula is C17H17N7O3. The summed E-state index contributed by atoms with van der Waals surface area (Å²) in [7, 11) is 4.70. The zero-order chi connectivity index (χ0) is 19.0. The fraction of sp³-hybridized carbons (Fsp3) is 0.176. The van der Waals surface area contributed by atoms with Crippen molar-refractivity contribution < 1.29 is 14.2 Å². The molecule has 4 aromatic rings. The Morgan fingerprint density at radius 2 is 1.70 bits per heavy atom. The number of imidazole rings is 1. The number of fused-ring (bicyclic) bond motifs is 1. The highest BCUT2D eigenvalue weighted by atomic mass is 16.5. The molecule has 0 aliphatic heterocycles. The average Bonchev–Trinajstić information content (AvgIpc) is 3.34. The van der Waals surface area contributed by atoms with Crippen molar-refractivity contribution in [3.63, 3.8) is 0 Å². The number of hydrogen-bond acceptors (Lipinski definition) is 8. The van der Waals surface area contributed by atoms with Crippen LogP contribution in [0.4, 0.5) is 5.82 Å². The second kappa shape index (κ2) is 6.48. The first kappa shape index (κ1) is 16.6. The second-order valence-corrected chi connectivity index (χ2v) is 5.58. The summed E-state index contributed by atoms with van der Waals surface area (Å²) in [6.45, 7) is 0. The summed E-state index contributed by atoms with van der Waals surface area (Å²) >= 11 is 0. The van der Waals surface area contributed by atoms with Crippen molar-refractivity contribution in [2.45, 2.75) is 0 Å². The van der Waals surface area contributed by atoms with E-state index in [-0.39, 0.29) is 0 Å². The SMILES string of the molecule is COc1cc(-n2cnc(-n3ncc4c(N)ncnc43)c2)cc(OC)c1OC. The summed E-state index contributed by atoms with van der Waals surface area (Å²) in [5, 5.41) is 4.98. The van der Waals surface area contributed by atoms with E-state index in [0.717, 1.165) is 5.69 Å². The Balaban J connectivity index is 1.80. The van der Waals surface area contributed by atoms with E-state index in [2.05, 4.69) is 20.1 Å². The van der Waals surface area contributed by atoms with E-state index < -0.39 is 0 Å². The van der Waals surface area contributed by atoms with Gasteiger partial charge >= 0.3 is 0 Å². The number of aromatic nitrogens is 6. The number of ether oxygens (including phenoxy) is 3. The molecule has 0 spiro atoms. The number of benzene rings is 1. The molecule has 3 heterocycles. The van der Waals surface area contributed by atoms with E-state index >= 15 is 0 Å². The van der Waals surface area contributed by atoms with Crippen LogP contribution in [-0.4, -0.2) is 50.6 Å². The maximum atomic E-state index is 5.87. The largest absolute Gasteiger partial charge is 0.493 e. The van der Waals surface area contributed by atoms with Crippen molar-refractivity contribution in [3.8, 4) is 28.8 Å². The molecular weight excluding hydrogens is 350 g/mol. The number of nitrogen functional groups attached to an aromatic ring is 1. The predicted octanol–water partition coefficient (Wildman–Crippen LogP) is 1.61. The monoisotopic (exact) mass is 367 g/mol. The molecule has 4 rings (SSSR count). The van der Waals surface area contributed by atoms with E-state index in [0.29, 0.717) is 39.9 Å². The van der Waals surface area contributed by atoms with Gasteiger partial charge in [0.2, 0.25) is 5.75 Å². The summed E-state index contributed by atoms with van der Waals surface area (Å²) in [6, 6.07) is 3.66. The molecule has 0 aliphatic rings. The molecule has 27 heavy (non-hydrogen) atoms. The minimum Gasteiger partial charge on any atom is -0.493 e. The number of anilines is 1. The third-order valence-electron chi connectivity index (χ3n) is 4.13. The van der Waals surface area contributed by atoms with Gasteiger partial charge in [0.1, 0.15) is 18.5 Å². The fourth-order valence-corrected chi connectivity index (χ4v) is 2.81. The Labute approximate surface area is 154 Å². The number of nitrogens with zero attached hydrogens (tertiary/aromatic N) is 6. The van der Waals surface area contributed by atoms with Gasteiger partial charge in [-0.2, -0.15) is 9.78 Å². The van der Waals surface area contributed by atoms with Gasteiger partial charge in [0.05, 0.1) is 44.8 Å². The Bertz CT molecular complexity index is 1090. The lowest BCUT2D eigenvalue weighted by Gasteiger charge is -2.14. The number of rotatable bonds is 5. The van der Waals surface area contributed by atoms with Crippen molar-refractivity contribution in [2.75, 3.05) is 27.1 Å². The normalized spacial score (nSPS) is 10.9. The minimum absolute atomic E-state index is 0.371. The molecule has 0 atom stereocenters. The predicted molar refractivity (Wildman–Crippen MR) is 97.9 cm³/mol. The third-order valence-corrected chi connectivity index (χ3v) is 4.13. The quantitative estimate of drug-likeness (QED) is 0.566. The van der Waals surface area contributed by atoms with E-state index in [1.54, 1.807) is 38.5 Å². The Kier molecular flexibility index (Phi) is 3.99. The first-order valence-electron chi connectivity index (χ1n) is 7.95. The summed E-state index contributed by atoms with van der Waals surface area (Å²) < 4.78 is 19.6. The van der Waals surface area contributed by atoms with Crippen LogP contribution < -0.4 is 19.9 Å². The van der Waals surface area contributed by atoms with Gasteiger partial charge in [-0.1, -0.05) is 0 Å². The molecule has 0 radical (unpaired) electrons. The Morgan fingerprint density at radius 1 is 0.963 bits per heavy atom. The molecule has 0 unspecified atom stereocenters. The van der Waals surface area contributed by atoms with Gasteiger partial charge in [0.15, 0.2) is 23.0 Å². The molecule has 0 amide bonds. The molecule has 3 aromatic heterocycles. The molecule has 10 heteroatoms. The minimum atomic E-state index is 0.371. The zero-order valence-corrected chi connectivity index (χ0v) is 14.9. The Hall–Kier alpha value is -3.82. The first-order valence-corrected chi connectivity index (χ1v) is 7.95. The molecule has 0 saturated carbocycles. The highest BCUT2D eigenvalue weighted by Crippen LogP contribution is 2.39. The van der Waals surface area contributed by atoms with Crippen LogP contribution in [-0.2, 0) is 0 Å². The lowest BCUT2D eigenvalue weighted by atomic mass is 10.2. The van der Waals surface area contributed by atoms with Gasteiger partial charge in [-0.25, -0.2) is 15.0 Å². The number of hydrogen-bond donors (Lipinski definition) is 1. The molecule has 10 nitrogen and oxygen atoms in total. The highest BCUT2D eigenvalue weighted by Gasteiger charge is 2.16. The average molecular weight is 367 g/mol. The lowest BCUT2D eigenvalue weighted by molar-refractivity contribution is 0.324. The van der Waals surface area contributed by atoms with Gasteiger partial charge in [0.25, 0.3) is 0 Å². The molecule has 0 aliphatic carbocycles. The van der Waals surface area contributed by atoms with Crippen molar-refractivity contribution in [2.24, 2.45) is 0 Å². The summed E-state index contributed by atoms with van der Waals surface area (Å²) in [5.74, 6) is 2.57. The number of methoxy groups -OCH3 is 3. The molecule has 2 N–H and O–H groups in total. The second-order valence-electron chi connectivity index (χ2n) is 5.58. The van der Waals surface area contributed by atoms with Crippen LogP contribution in [0.2, 0.25) is 0 Å². The highest BCUT2D eigenvalue weighted by molar-refractivity contribution is 5.85. The van der Waals surface area contributed by atoms with E-state index in [4.69, 9.17) is 19.9 Å². The number of nitrogens with two attached hydrogens (primary N) is 1. The van der Waals surface area contributed by atoms with Crippen LogP contribution in [0.25, 0.3) is 22.5 Å². The summed E-state index contributed by atoms with van der Waals surface area (Å²) in [4.78, 5) is 12.6. The summed E-state index contributed by atoms with van der Waals surface area (Å²) in [6.07, 6.45) is 6.48. The van der Waals surface area contributed by atoms with Crippen LogP contribution in [0.5, 0.6) is 17.2 Å². The molecule has 138 valence electrons.